The smallest absolute Gasteiger partial charge is 0.256 e. The zero-order valence-corrected chi connectivity index (χ0v) is 13.3. The molecule has 0 bridgehead atoms. The predicted octanol–water partition coefficient (Wildman–Crippen LogP) is 3.15. The van der Waals surface area contributed by atoms with Crippen LogP contribution in [0.3, 0.4) is 0 Å². The van der Waals surface area contributed by atoms with Crippen LogP contribution in [0.2, 0.25) is 0 Å². The number of methoxy groups -OCH3 is 1. The van der Waals surface area contributed by atoms with Crippen LogP contribution < -0.4 is 5.32 Å². The number of benzene rings is 1. The van der Waals surface area contributed by atoms with Gasteiger partial charge < -0.3 is 15.0 Å². The van der Waals surface area contributed by atoms with E-state index >= 15 is 0 Å². The summed E-state index contributed by atoms with van der Waals surface area (Å²) in [5, 5.41) is 3.34. The van der Waals surface area contributed by atoms with Gasteiger partial charge >= 0.3 is 0 Å². The molecule has 4 heteroatoms. The standard InChI is InChI=1S/C17H26N2O2/c1-4-11-18-15-9-6-5-8-14(15)16(20)19-12-7-10-17(2,13-19)21-3/h5-6,8-9,18H,4,7,10-13H2,1-3H3. The average Bonchev–Trinajstić information content (AvgIpc) is 2.52. The van der Waals surface area contributed by atoms with E-state index in [4.69, 9.17) is 4.74 Å². The van der Waals surface area contributed by atoms with Crippen LogP contribution in [0.25, 0.3) is 0 Å². The monoisotopic (exact) mass is 290 g/mol. The SMILES string of the molecule is CCCNc1ccccc1C(=O)N1CCCC(C)(OC)C1. The summed E-state index contributed by atoms with van der Waals surface area (Å²) in [6, 6.07) is 7.76. The molecule has 1 fully saturated rings. The van der Waals surface area contributed by atoms with Gasteiger partial charge in [-0.05, 0) is 38.3 Å². The second-order valence-corrected chi connectivity index (χ2v) is 5.96. The molecule has 1 aliphatic heterocycles. The number of hydrogen-bond donors (Lipinski definition) is 1. The van der Waals surface area contributed by atoms with Crippen molar-refractivity contribution in [2.45, 2.75) is 38.7 Å². The van der Waals surface area contributed by atoms with Crippen molar-refractivity contribution in [2.24, 2.45) is 0 Å². The van der Waals surface area contributed by atoms with E-state index in [-0.39, 0.29) is 11.5 Å². The molecule has 1 aromatic carbocycles. The molecule has 1 aliphatic rings. The molecule has 1 saturated heterocycles. The summed E-state index contributed by atoms with van der Waals surface area (Å²) in [5.74, 6) is 0.0946. The lowest BCUT2D eigenvalue weighted by Crippen LogP contribution is -2.49. The Morgan fingerprint density at radius 1 is 1.43 bits per heavy atom. The van der Waals surface area contributed by atoms with Gasteiger partial charge in [-0.3, -0.25) is 4.79 Å². The normalized spacial score (nSPS) is 22.1. The predicted molar refractivity (Wildman–Crippen MR) is 85.8 cm³/mol. The van der Waals surface area contributed by atoms with E-state index in [2.05, 4.69) is 19.2 Å². The summed E-state index contributed by atoms with van der Waals surface area (Å²) >= 11 is 0. The van der Waals surface area contributed by atoms with E-state index < -0.39 is 0 Å². The largest absolute Gasteiger partial charge is 0.384 e. The maximum Gasteiger partial charge on any atom is 0.256 e. The molecule has 116 valence electrons. The maximum atomic E-state index is 12.8. The highest BCUT2D eigenvalue weighted by Gasteiger charge is 2.33. The summed E-state index contributed by atoms with van der Waals surface area (Å²) < 4.78 is 5.58. The van der Waals surface area contributed by atoms with Crippen LogP contribution in [0.5, 0.6) is 0 Å². The third-order valence-corrected chi connectivity index (χ3v) is 4.16. The van der Waals surface area contributed by atoms with Crippen molar-refractivity contribution in [1.82, 2.24) is 4.90 Å². The van der Waals surface area contributed by atoms with E-state index in [1.54, 1.807) is 7.11 Å². The lowest BCUT2D eigenvalue weighted by molar-refractivity contribution is -0.0439. The molecule has 2 rings (SSSR count). The Morgan fingerprint density at radius 2 is 2.19 bits per heavy atom. The molecule has 0 aliphatic carbocycles. The second-order valence-electron chi connectivity index (χ2n) is 5.96. The number of hydrogen-bond acceptors (Lipinski definition) is 3. The van der Waals surface area contributed by atoms with Gasteiger partial charge in [-0.1, -0.05) is 19.1 Å². The van der Waals surface area contributed by atoms with Crippen molar-refractivity contribution in [1.29, 1.82) is 0 Å². The fraction of sp³-hybridized carbons (Fsp3) is 0.588. The number of carbonyl (C=O) groups is 1. The first-order valence-electron chi connectivity index (χ1n) is 7.77. The van der Waals surface area contributed by atoms with Crippen molar-refractivity contribution in [3.8, 4) is 0 Å². The molecular formula is C17H26N2O2. The number of amides is 1. The fourth-order valence-corrected chi connectivity index (χ4v) is 2.80. The Bertz CT molecular complexity index is 489. The fourth-order valence-electron chi connectivity index (χ4n) is 2.80. The minimum absolute atomic E-state index is 0.0946. The first-order chi connectivity index (χ1) is 10.1. The zero-order valence-electron chi connectivity index (χ0n) is 13.3. The number of ether oxygens (including phenoxy) is 1. The molecule has 1 atom stereocenters. The van der Waals surface area contributed by atoms with Gasteiger partial charge in [0.15, 0.2) is 0 Å². The highest BCUT2D eigenvalue weighted by molar-refractivity contribution is 5.99. The van der Waals surface area contributed by atoms with Crippen LogP contribution >= 0.6 is 0 Å². The number of nitrogens with one attached hydrogen (secondary N) is 1. The molecule has 21 heavy (non-hydrogen) atoms. The molecule has 0 aromatic heterocycles. The Balaban J connectivity index is 2.16. The van der Waals surface area contributed by atoms with Gasteiger partial charge in [0, 0.05) is 32.4 Å². The van der Waals surface area contributed by atoms with Gasteiger partial charge in [-0.25, -0.2) is 0 Å². The van der Waals surface area contributed by atoms with Gasteiger partial charge in [0.1, 0.15) is 0 Å². The number of likely N-dealkylation sites (tertiary alicyclic amines) is 1. The highest BCUT2D eigenvalue weighted by atomic mass is 16.5. The molecule has 0 radical (unpaired) electrons. The van der Waals surface area contributed by atoms with Gasteiger partial charge in [0.2, 0.25) is 0 Å². The molecule has 1 N–H and O–H groups in total. The van der Waals surface area contributed by atoms with Gasteiger partial charge in [0.25, 0.3) is 5.91 Å². The Hall–Kier alpha value is -1.55. The number of nitrogens with zero attached hydrogens (tertiary/aromatic N) is 1. The number of para-hydroxylation sites is 1. The molecule has 1 amide bonds. The van der Waals surface area contributed by atoms with Gasteiger partial charge in [0.05, 0.1) is 11.2 Å². The van der Waals surface area contributed by atoms with Crippen LogP contribution in [-0.4, -0.2) is 43.2 Å². The molecule has 1 heterocycles. The minimum atomic E-state index is -0.223. The molecule has 1 aromatic rings. The summed E-state index contributed by atoms with van der Waals surface area (Å²) in [4.78, 5) is 14.7. The molecule has 1 unspecified atom stereocenters. The number of rotatable bonds is 5. The van der Waals surface area contributed by atoms with Crippen LogP contribution in [0, 0.1) is 0 Å². The Kier molecular flexibility index (Phi) is 5.23. The van der Waals surface area contributed by atoms with Crippen LogP contribution in [-0.2, 0) is 4.74 Å². The van der Waals surface area contributed by atoms with Crippen LogP contribution in [0.15, 0.2) is 24.3 Å². The Morgan fingerprint density at radius 3 is 2.90 bits per heavy atom. The van der Waals surface area contributed by atoms with E-state index in [0.717, 1.165) is 43.6 Å². The Labute approximate surface area is 127 Å². The number of carbonyl (C=O) groups excluding carboxylic acids is 1. The van der Waals surface area contributed by atoms with E-state index in [9.17, 15) is 4.79 Å². The number of anilines is 1. The summed E-state index contributed by atoms with van der Waals surface area (Å²) in [5.41, 5.74) is 1.46. The lowest BCUT2D eigenvalue weighted by atomic mass is 9.94. The zero-order chi connectivity index (χ0) is 15.3. The summed E-state index contributed by atoms with van der Waals surface area (Å²) in [6.07, 6.45) is 3.03. The second kappa shape index (κ2) is 6.94. The van der Waals surface area contributed by atoms with Crippen molar-refractivity contribution >= 4 is 11.6 Å². The quantitative estimate of drug-likeness (QED) is 0.905. The van der Waals surface area contributed by atoms with Crippen molar-refractivity contribution in [2.75, 3.05) is 32.1 Å². The van der Waals surface area contributed by atoms with E-state index in [1.165, 1.54) is 0 Å². The van der Waals surface area contributed by atoms with Gasteiger partial charge in [-0.2, -0.15) is 0 Å². The van der Waals surface area contributed by atoms with E-state index in [0.29, 0.717) is 6.54 Å². The van der Waals surface area contributed by atoms with Crippen LogP contribution in [0.4, 0.5) is 5.69 Å². The summed E-state index contributed by atoms with van der Waals surface area (Å²) in [6.45, 7) is 6.53. The third kappa shape index (κ3) is 3.76. The summed E-state index contributed by atoms with van der Waals surface area (Å²) in [7, 11) is 1.73. The van der Waals surface area contributed by atoms with Crippen molar-refractivity contribution in [3.63, 3.8) is 0 Å². The van der Waals surface area contributed by atoms with Crippen LogP contribution in [0.1, 0.15) is 43.5 Å². The molecular weight excluding hydrogens is 264 g/mol. The first kappa shape index (κ1) is 15.8. The van der Waals surface area contributed by atoms with Crippen molar-refractivity contribution in [3.05, 3.63) is 29.8 Å². The topological polar surface area (TPSA) is 41.6 Å². The first-order valence-corrected chi connectivity index (χ1v) is 7.77. The third-order valence-electron chi connectivity index (χ3n) is 4.16. The number of piperidine rings is 1. The minimum Gasteiger partial charge on any atom is -0.384 e. The molecule has 0 saturated carbocycles. The van der Waals surface area contributed by atoms with E-state index in [1.807, 2.05) is 29.2 Å². The van der Waals surface area contributed by atoms with Crippen molar-refractivity contribution < 1.29 is 9.53 Å². The molecule has 0 spiro atoms. The average molecular weight is 290 g/mol. The van der Waals surface area contributed by atoms with Gasteiger partial charge in [-0.15, -0.1) is 0 Å². The lowest BCUT2D eigenvalue weighted by Gasteiger charge is -2.39. The maximum absolute atomic E-state index is 12.8. The highest BCUT2D eigenvalue weighted by Crippen LogP contribution is 2.26. The molecule has 4 nitrogen and oxygen atoms in total.